The molecule has 0 saturated heterocycles. The van der Waals surface area contributed by atoms with Gasteiger partial charge in [0.25, 0.3) is 0 Å². The molecular weight excluding hydrogens is 286 g/mol. The van der Waals surface area contributed by atoms with Crippen LogP contribution in [-0.2, 0) is 4.79 Å². The Morgan fingerprint density at radius 1 is 1.37 bits per heavy atom. The molecule has 0 radical (unpaired) electrons. The van der Waals surface area contributed by atoms with E-state index in [-0.39, 0.29) is 11.7 Å². The smallest absolute Gasteiger partial charge is 0.321 e. The summed E-state index contributed by atoms with van der Waals surface area (Å²) < 4.78 is 0.686. The molecule has 0 spiro atoms. The maximum Gasteiger partial charge on any atom is 0.321 e. The number of nitrogens with zero attached hydrogens (tertiary/aromatic N) is 2. The van der Waals surface area contributed by atoms with Crippen molar-refractivity contribution in [1.29, 1.82) is 0 Å². The molecule has 9 heteroatoms. The highest BCUT2D eigenvalue weighted by Gasteiger charge is 2.10. The molecule has 0 aliphatic heterocycles. The SMILES string of the molecule is CCCCNC(=O)NC(=O)CSc1nnc(NC)s1. The van der Waals surface area contributed by atoms with E-state index in [1.54, 1.807) is 7.05 Å². The Balaban J connectivity index is 2.22. The summed E-state index contributed by atoms with van der Waals surface area (Å²) >= 11 is 2.61. The van der Waals surface area contributed by atoms with Gasteiger partial charge in [0.05, 0.1) is 5.75 Å². The topological polar surface area (TPSA) is 96.0 Å². The number of carbonyl (C=O) groups is 2. The van der Waals surface area contributed by atoms with E-state index < -0.39 is 6.03 Å². The van der Waals surface area contributed by atoms with Crippen molar-refractivity contribution in [2.45, 2.75) is 24.1 Å². The highest BCUT2D eigenvalue weighted by molar-refractivity contribution is 8.01. The van der Waals surface area contributed by atoms with Crippen molar-refractivity contribution in [2.75, 3.05) is 24.7 Å². The van der Waals surface area contributed by atoms with Crippen molar-refractivity contribution in [2.24, 2.45) is 0 Å². The van der Waals surface area contributed by atoms with Crippen LogP contribution >= 0.6 is 23.1 Å². The summed E-state index contributed by atoms with van der Waals surface area (Å²) in [6, 6.07) is -0.452. The third-order valence-corrected chi connectivity index (χ3v) is 4.09. The summed E-state index contributed by atoms with van der Waals surface area (Å²) in [4.78, 5) is 22.8. The second kappa shape index (κ2) is 8.70. The van der Waals surface area contributed by atoms with E-state index in [1.807, 2.05) is 6.92 Å². The Labute approximate surface area is 119 Å². The second-order valence-electron chi connectivity index (χ2n) is 3.57. The average molecular weight is 303 g/mol. The zero-order valence-electron chi connectivity index (χ0n) is 10.9. The molecule has 0 aliphatic rings. The first-order valence-corrected chi connectivity index (χ1v) is 7.67. The lowest BCUT2D eigenvalue weighted by Crippen LogP contribution is -2.40. The molecule has 0 fully saturated rings. The fourth-order valence-corrected chi connectivity index (χ4v) is 2.59. The number of amides is 3. The molecule has 1 rings (SSSR count). The molecule has 0 atom stereocenters. The van der Waals surface area contributed by atoms with Crippen molar-refractivity contribution in [3.05, 3.63) is 0 Å². The number of imide groups is 1. The van der Waals surface area contributed by atoms with Crippen molar-refractivity contribution >= 4 is 40.2 Å². The first kappa shape index (κ1) is 15.7. The maximum absolute atomic E-state index is 11.5. The number of rotatable bonds is 7. The molecule has 1 aromatic rings. The Morgan fingerprint density at radius 2 is 2.16 bits per heavy atom. The fourth-order valence-electron chi connectivity index (χ4n) is 1.08. The Bertz CT molecular complexity index is 424. The Hall–Kier alpha value is -1.35. The van der Waals surface area contributed by atoms with Gasteiger partial charge < -0.3 is 10.6 Å². The predicted molar refractivity (Wildman–Crippen MR) is 76.6 cm³/mol. The van der Waals surface area contributed by atoms with Gasteiger partial charge in [0.15, 0.2) is 4.34 Å². The second-order valence-corrected chi connectivity index (χ2v) is 5.77. The van der Waals surface area contributed by atoms with E-state index >= 15 is 0 Å². The van der Waals surface area contributed by atoms with Gasteiger partial charge in [-0.25, -0.2) is 4.79 Å². The van der Waals surface area contributed by atoms with Gasteiger partial charge in [-0.05, 0) is 6.42 Å². The highest BCUT2D eigenvalue weighted by atomic mass is 32.2. The molecule has 7 nitrogen and oxygen atoms in total. The molecule has 0 saturated carbocycles. The van der Waals surface area contributed by atoms with E-state index in [9.17, 15) is 9.59 Å². The van der Waals surface area contributed by atoms with E-state index in [0.29, 0.717) is 16.0 Å². The van der Waals surface area contributed by atoms with E-state index in [4.69, 9.17) is 0 Å². The van der Waals surface area contributed by atoms with Crippen LogP contribution in [0.3, 0.4) is 0 Å². The van der Waals surface area contributed by atoms with Crippen LogP contribution in [0.15, 0.2) is 4.34 Å². The van der Waals surface area contributed by atoms with Crippen LogP contribution in [0.4, 0.5) is 9.93 Å². The summed E-state index contributed by atoms with van der Waals surface area (Å²) in [6.45, 7) is 2.60. The van der Waals surface area contributed by atoms with Gasteiger partial charge in [0.2, 0.25) is 11.0 Å². The van der Waals surface area contributed by atoms with Gasteiger partial charge in [-0.1, -0.05) is 36.4 Å². The van der Waals surface area contributed by atoms with Crippen molar-refractivity contribution in [3.8, 4) is 0 Å². The van der Waals surface area contributed by atoms with Crippen molar-refractivity contribution in [1.82, 2.24) is 20.8 Å². The first-order chi connectivity index (χ1) is 9.15. The molecule has 0 bridgehead atoms. The molecular formula is C10H17N5O2S2. The lowest BCUT2D eigenvalue weighted by Gasteiger charge is -2.04. The zero-order valence-corrected chi connectivity index (χ0v) is 12.5. The normalized spacial score (nSPS) is 10.0. The fraction of sp³-hybridized carbons (Fsp3) is 0.600. The number of aromatic nitrogens is 2. The summed E-state index contributed by atoms with van der Waals surface area (Å²) in [5.41, 5.74) is 0. The molecule has 0 unspecified atom stereocenters. The lowest BCUT2D eigenvalue weighted by atomic mass is 10.3. The molecule has 3 N–H and O–H groups in total. The molecule has 1 aromatic heterocycles. The number of carbonyl (C=O) groups excluding carboxylic acids is 2. The van der Waals surface area contributed by atoms with Gasteiger partial charge in [-0.2, -0.15) is 0 Å². The number of anilines is 1. The van der Waals surface area contributed by atoms with Crippen LogP contribution < -0.4 is 16.0 Å². The average Bonchev–Trinajstić information content (AvgIpc) is 2.84. The van der Waals surface area contributed by atoms with Crippen molar-refractivity contribution < 1.29 is 9.59 Å². The maximum atomic E-state index is 11.5. The van der Waals surface area contributed by atoms with Gasteiger partial charge in [-0.3, -0.25) is 10.1 Å². The number of nitrogens with one attached hydrogen (secondary N) is 3. The summed E-state index contributed by atoms with van der Waals surface area (Å²) in [5, 5.41) is 16.2. The molecule has 0 aromatic carbocycles. The summed E-state index contributed by atoms with van der Waals surface area (Å²) in [5.74, 6) is -0.209. The van der Waals surface area contributed by atoms with E-state index in [2.05, 4.69) is 26.1 Å². The minimum Gasteiger partial charge on any atom is -0.363 e. The number of hydrogen-bond acceptors (Lipinski definition) is 7. The van der Waals surface area contributed by atoms with Gasteiger partial charge in [0.1, 0.15) is 0 Å². The number of hydrogen-bond donors (Lipinski definition) is 3. The Morgan fingerprint density at radius 3 is 2.79 bits per heavy atom. The lowest BCUT2D eigenvalue weighted by molar-refractivity contribution is -0.117. The predicted octanol–water partition coefficient (Wildman–Crippen LogP) is 1.30. The minimum atomic E-state index is -0.452. The van der Waals surface area contributed by atoms with Crippen LogP contribution in [0.2, 0.25) is 0 Å². The molecule has 106 valence electrons. The number of thioether (sulfide) groups is 1. The standard InChI is InChI=1S/C10H17N5O2S2/c1-3-4-5-12-8(17)13-7(16)6-18-10-15-14-9(11-2)19-10/h3-6H2,1-2H3,(H,11,14)(H2,12,13,16,17). The monoisotopic (exact) mass is 303 g/mol. The first-order valence-electron chi connectivity index (χ1n) is 5.87. The Kier molecular flexibility index (Phi) is 7.19. The van der Waals surface area contributed by atoms with Crippen LogP contribution in [-0.4, -0.2) is 41.5 Å². The highest BCUT2D eigenvalue weighted by Crippen LogP contribution is 2.24. The van der Waals surface area contributed by atoms with Crippen molar-refractivity contribution in [3.63, 3.8) is 0 Å². The molecule has 1 heterocycles. The van der Waals surface area contributed by atoms with Gasteiger partial charge in [0, 0.05) is 13.6 Å². The third kappa shape index (κ3) is 6.39. The van der Waals surface area contributed by atoms with Crippen LogP contribution in [0.1, 0.15) is 19.8 Å². The van der Waals surface area contributed by atoms with E-state index in [1.165, 1.54) is 23.1 Å². The molecule has 0 aliphatic carbocycles. The van der Waals surface area contributed by atoms with Gasteiger partial charge in [-0.15, -0.1) is 10.2 Å². The summed E-state index contributed by atoms with van der Waals surface area (Å²) in [7, 11) is 1.75. The number of urea groups is 1. The van der Waals surface area contributed by atoms with E-state index in [0.717, 1.165) is 12.8 Å². The molecule has 19 heavy (non-hydrogen) atoms. The quantitative estimate of drug-likeness (QED) is 0.519. The minimum absolute atomic E-state index is 0.138. The molecule has 3 amide bonds. The zero-order chi connectivity index (χ0) is 14.1. The summed E-state index contributed by atoms with van der Waals surface area (Å²) in [6.07, 6.45) is 1.89. The van der Waals surface area contributed by atoms with Crippen LogP contribution in [0, 0.1) is 0 Å². The number of unbranched alkanes of at least 4 members (excludes halogenated alkanes) is 1. The third-order valence-electron chi connectivity index (χ3n) is 2.02. The largest absolute Gasteiger partial charge is 0.363 e. The van der Waals surface area contributed by atoms with Crippen LogP contribution in [0.5, 0.6) is 0 Å². The van der Waals surface area contributed by atoms with Crippen LogP contribution in [0.25, 0.3) is 0 Å². The van der Waals surface area contributed by atoms with Gasteiger partial charge >= 0.3 is 6.03 Å².